The van der Waals surface area contributed by atoms with Gasteiger partial charge in [-0.3, -0.25) is 4.98 Å². The number of rotatable bonds is 6. The first kappa shape index (κ1) is 12.0. The number of anilines is 1. The molecule has 4 nitrogen and oxygen atoms in total. The molecule has 1 N–H and O–H groups in total. The number of ether oxygens (including phenoxy) is 1. The van der Waals surface area contributed by atoms with Gasteiger partial charge in [0.05, 0.1) is 31.3 Å². The quantitative estimate of drug-likeness (QED) is 0.798. The number of hydrogen-bond acceptors (Lipinski definition) is 5. The van der Waals surface area contributed by atoms with Crippen molar-refractivity contribution in [3.63, 3.8) is 0 Å². The van der Waals surface area contributed by atoms with Crippen LogP contribution in [0, 0.1) is 0 Å². The Kier molecular flexibility index (Phi) is 4.46. The van der Waals surface area contributed by atoms with Crippen LogP contribution in [0.4, 0.5) is 5.82 Å². The SMILES string of the molecule is CNc1cnc(COCCc2cccs2)cn1. The summed E-state index contributed by atoms with van der Waals surface area (Å²) in [6, 6.07) is 4.18. The molecular weight excluding hydrogens is 234 g/mol. The van der Waals surface area contributed by atoms with Gasteiger partial charge in [0.15, 0.2) is 0 Å². The highest BCUT2D eigenvalue weighted by molar-refractivity contribution is 7.09. The summed E-state index contributed by atoms with van der Waals surface area (Å²) in [6.45, 7) is 1.23. The van der Waals surface area contributed by atoms with Crippen LogP contribution in [0.25, 0.3) is 0 Å². The number of nitrogens with zero attached hydrogens (tertiary/aromatic N) is 2. The van der Waals surface area contributed by atoms with Crippen LogP contribution in [-0.2, 0) is 17.8 Å². The first-order valence-corrected chi connectivity index (χ1v) is 6.35. The topological polar surface area (TPSA) is 47.0 Å². The van der Waals surface area contributed by atoms with Gasteiger partial charge in [-0.2, -0.15) is 0 Å². The molecule has 0 saturated heterocycles. The Balaban J connectivity index is 1.70. The summed E-state index contributed by atoms with van der Waals surface area (Å²) in [5, 5.41) is 5.01. The fourth-order valence-electron chi connectivity index (χ4n) is 1.36. The number of nitrogens with one attached hydrogen (secondary N) is 1. The first-order chi connectivity index (χ1) is 8.38. The molecule has 0 radical (unpaired) electrons. The third kappa shape index (κ3) is 3.80. The lowest BCUT2D eigenvalue weighted by Gasteiger charge is -2.03. The van der Waals surface area contributed by atoms with E-state index in [1.807, 2.05) is 7.05 Å². The number of aromatic nitrogens is 2. The van der Waals surface area contributed by atoms with Gasteiger partial charge >= 0.3 is 0 Å². The van der Waals surface area contributed by atoms with Gasteiger partial charge in [-0.15, -0.1) is 11.3 Å². The van der Waals surface area contributed by atoms with E-state index in [1.54, 1.807) is 23.7 Å². The predicted octanol–water partition coefficient (Wildman–Crippen LogP) is 2.34. The van der Waals surface area contributed by atoms with Crippen molar-refractivity contribution in [2.24, 2.45) is 0 Å². The highest BCUT2D eigenvalue weighted by Gasteiger charge is 1.98. The molecule has 90 valence electrons. The third-order valence-electron chi connectivity index (χ3n) is 2.28. The molecule has 2 heterocycles. The molecule has 0 fully saturated rings. The molecule has 0 unspecified atom stereocenters. The van der Waals surface area contributed by atoms with Crippen LogP contribution < -0.4 is 5.32 Å². The summed E-state index contributed by atoms with van der Waals surface area (Å²) in [6.07, 6.45) is 4.40. The van der Waals surface area contributed by atoms with Crippen molar-refractivity contribution in [2.75, 3.05) is 19.0 Å². The maximum absolute atomic E-state index is 5.55. The van der Waals surface area contributed by atoms with Crippen LogP contribution in [0.1, 0.15) is 10.6 Å². The molecular formula is C12H15N3OS. The van der Waals surface area contributed by atoms with E-state index in [0.29, 0.717) is 6.61 Å². The highest BCUT2D eigenvalue weighted by Crippen LogP contribution is 2.09. The van der Waals surface area contributed by atoms with Crippen molar-refractivity contribution in [1.29, 1.82) is 0 Å². The van der Waals surface area contributed by atoms with E-state index in [1.165, 1.54) is 4.88 Å². The minimum Gasteiger partial charge on any atom is -0.375 e. The van der Waals surface area contributed by atoms with E-state index >= 15 is 0 Å². The molecule has 0 saturated carbocycles. The summed E-state index contributed by atoms with van der Waals surface area (Å²) in [7, 11) is 1.82. The van der Waals surface area contributed by atoms with Crippen molar-refractivity contribution < 1.29 is 4.74 Å². The van der Waals surface area contributed by atoms with Crippen molar-refractivity contribution in [3.05, 3.63) is 40.5 Å². The molecule has 17 heavy (non-hydrogen) atoms. The van der Waals surface area contributed by atoms with E-state index in [4.69, 9.17) is 4.74 Å². The highest BCUT2D eigenvalue weighted by atomic mass is 32.1. The molecule has 2 aromatic rings. The number of hydrogen-bond donors (Lipinski definition) is 1. The molecule has 0 aliphatic rings. The molecule has 0 aliphatic heterocycles. The Bertz CT molecular complexity index is 428. The summed E-state index contributed by atoms with van der Waals surface area (Å²) >= 11 is 1.76. The van der Waals surface area contributed by atoms with Crippen molar-refractivity contribution in [2.45, 2.75) is 13.0 Å². The van der Waals surface area contributed by atoms with E-state index in [0.717, 1.165) is 24.5 Å². The Morgan fingerprint density at radius 2 is 2.29 bits per heavy atom. The van der Waals surface area contributed by atoms with E-state index < -0.39 is 0 Å². The summed E-state index contributed by atoms with van der Waals surface area (Å²) < 4.78 is 5.55. The second-order valence-corrected chi connectivity index (χ2v) is 4.56. The van der Waals surface area contributed by atoms with Crippen LogP contribution in [0.3, 0.4) is 0 Å². The maximum atomic E-state index is 5.55. The Morgan fingerprint density at radius 1 is 1.35 bits per heavy atom. The second-order valence-electron chi connectivity index (χ2n) is 3.52. The predicted molar refractivity (Wildman–Crippen MR) is 69.3 cm³/mol. The normalized spacial score (nSPS) is 10.4. The van der Waals surface area contributed by atoms with Crippen molar-refractivity contribution in [1.82, 2.24) is 9.97 Å². The third-order valence-corrected chi connectivity index (χ3v) is 3.22. The van der Waals surface area contributed by atoms with Gasteiger partial charge in [0.25, 0.3) is 0 Å². The Labute approximate surface area is 105 Å². The lowest BCUT2D eigenvalue weighted by molar-refractivity contribution is 0.121. The van der Waals surface area contributed by atoms with Crippen molar-refractivity contribution >= 4 is 17.2 Å². The second kappa shape index (κ2) is 6.32. The maximum Gasteiger partial charge on any atom is 0.144 e. The Hall–Kier alpha value is -1.46. The van der Waals surface area contributed by atoms with Gasteiger partial charge in [0, 0.05) is 18.3 Å². The Morgan fingerprint density at radius 3 is 2.94 bits per heavy atom. The smallest absolute Gasteiger partial charge is 0.144 e. The summed E-state index contributed by atoms with van der Waals surface area (Å²) in [4.78, 5) is 9.76. The molecule has 5 heteroatoms. The summed E-state index contributed by atoms with van der Waals surface area (Å²) in [5.74, 6) is 0.771. The molecule has 0 amide bonds. The average Bonchev–Trinajstić information content (AvgIpc) is 2.88. The zero-order valence-electron chi connectivity index (χ0n) is 9.72. The molecule has 0 spiro atoms. The molecule has 0 bridgehead atoms. The van der Waals surface area contributed by atoms with E-state index in [2.05, 4.69) is 32.8 Å². The fourth-order valence-corrected chi connectivity index (χ4v) is 2.05. The zero-order valence-corrected chi connectivity index (χ0v) is 10.5. The van der Waals surface area contributed by atoms with Crippen LogP contribution in [-0.4, -0.2) is 23.6 Å². The molecule has 0 aliphatic carbocycles. The minimum atomic E-state index is 0.516. The van der Waals surface area contributed by atoms with Gasteiger partial charge in [-0.25, -0.2) is 4.98 Å². The minimum absolute atomic E-state index is 0.516. The average molecular weight is 249 g/mol. The fraction of sp³-hybridized carbons (Fsp3) is 0.333. The summed E-state index contributed by atoms with van der Waals surface area (Å²) in [5.41, 5.74) is 0.857. The number of thiophene rings is 1. The van der Waals surface area contributed by atoms with Crippen LogP contribution in [0.2, 0.25) is 0 Å². The standard InChI is InChI=1S/C12H15N3OS/c1-13-12-8-14-10(7-15-12)9-16-5-4-11-3-2-6-17-11/h2-3,6-8H,4-5,9H2,1H3,(H,13,15). The molecule has 0 atom stereocenters. The zero-order chi connectivity index (χ0) is 11.9. The van der Waals surface area contributed by atoms with Gasteiger partial charge < -0.3 is 10.1 Å². The van der Waals surface area contributed by atoms with Gasteiger partial charge in [0.1, 0.15) is 5.82 Å². The first-order valence-electron chi connectivity index (χ1n) is 5.47. The van der Waals surface area contributed by atoms with E-state index in [9.17, 15) is 0 Å². The van der Waals surface area contributed by atoms with Crippen LogP contribution in [0.5, 0.6) is 0 Å². The van der Waals surface area contributed by atoms with E-state index in [-0.39, 0.29) is 0 Å². The molecule has 2 rings (SSSR count). The van der Waals surface area contributed by atoms with Gasteiger partial charge in [-0.05, 0) is 11.4 Å². The van der Waals surface area contributed by atoms with Crippen molar-refractivity contribution in [3.8, 4) is 0 Å². The molecule has 0 aromatic carbocycles. The van der Waals surface area contributed by atoms with Gasteiger partial charge in [-0.1, -0.05) is 6.07 Å². The monoisotopic (exact) mass is 249 g/mol. The largest absolute Gasteiger partial charge is 0.375 e. The van der Waals surface area contributed by atoms with Gasteiger partial charge in [0.2, 0.25) is 0 Å². The lowest BCUT2D eigenvalue weighted by Crippen LogP contribution is -2.01. The van der Waals surface area contributed by atoms with Crippen LogP contribution >= 0.6 is 11.3 Å². The van der Waals surface area contributed by atoms with Crippen LogP contribution in [0.15, 0.2) is 29.9 Å². The lowest BCUT2D eigenvalue weighted by atomic mass is 10.4. The molecule has 2 aromatic heterocycles.